The molecule has 1 atom stereocenters. The maximum atomic E-state index is 12.9. The molecule has 1 amide bonds. The zero-order chi connectivity index (χ0) is 21.9. The number of hydrogen-bond acceptors (Lipinski definition) is 5. The number of methoxy groups -OCH3 is 1. The summed E-state index contributed by atoms with van der Waals surface area (Å²) in [4.78, 5) is 24.7. The molecule has 0 spiro atoms. The first-order valence-electron chi connectivity index (χ1n) is 9.17. The maximum Gasteiger partial charge on any atom is 0.339 e. The lowest BCUT2D eigenvalue weighted by atomic mass is 9.98. The highest BCUT2D eigenvalue weighted by Crippen LogP contribution is 2.27. The van der Waals surface area contributed by atoms with E-state index < -0.39 is 21.9 Å². The fourth-order valence-electron chi connectivity index (χ4n) is 3.24. The molecule has 0 saturated carbocycles. The Morgan fingerprint density at radius 2 is 1.83 bits per heavy atom. The lowest BCUT2D eigenvalue weighted by molar-refractivity contribution is -0.120. The third-order valence-electron chi connectivity index (χ3n) is 4.85. The van der Waals surface area contributed by atoms with Gasteiger partial charge >= 0.3 is 5.97 Å². The summed E-state index contributed by atoms with van der Waals surface area (Å²) < 4.78 is 31.8. The first-order valence-corrected chi connectivity index (χ1v) is 11.4. The number of esters is 1. The van der Waals surface area contributed by atoms with Gasteiger partial charge in [0.2, 0.25) is 15.9 Å². The minimum absolute atomic E-state index is 0.0637. The van der Waals surface area contributed by atoms with Crippen LogP contribution in [-0.2, 0) is 19.6 Å². The summed E-state index contributed by atoms with van der Waals surface area (Å²) in [6, 6.07) is 10.4. The average molecular weight is 471 g/mol. The van der Waals surface area contributed by atoms with E-state index in [4.69, 9.17) is 23.2 Å². The number of ether oxygens (including phenoxy) is 1. The third-order valence-corrected chi connectivity index (χ3v) is 7.31. The highest BCUT2D eigenvalue weighted by Gasteiger charge is 2.33. The standard InChI is InChI=1S/C20H20Cl2N2O5S/c1-29-20(26)17-11-15(6-9-18(17)22)23-19(25)13-3-2-10-24(12-13)30(27,28)16-7-4-14(21)5-8-16/h4-9,11,13H,2-3,10,12H2,1H3,(H,23,25)/t13-/m0/s1. The van der Waals surface area contributed by atoms with Crippen molar-refractivity contribution in [3.8, 4) is 0 Å². The predicted octanol–water partition coefficient (Wildman–Crippen LogP) is 3.82. The fraction of sp³-hybridized carbons (Fsp3) is 0.300. The molecule has 0 aromatic heterocycles. The SMILES string of the molecule is COC(=O)c1cc(NC(=O)[C@H]2CCCN(S(=O)(=O)c3ccc(Cl)cc3)C2)ccc1Cl. The Bertz CT molecular complexity index is 1060. The van der Waals surface area contributed by atoms with Gasteiger partial charge in [0.05, 0.1) is 28.5 Å². The number of anilines is 1. The van der Waals surface area contributed by atoms with Crippen molar-refractivity contribution >= 4 is 50.8 Å². The Balaban J connectivity index is 1.73. The van der Waals surface area contributed by atoms with E-state index in [0.717, 1.165) is 0 Å². The Morgan fingerprint density at radius 3 is 2.50 bits per heavy atom. The second kappa shape index (κ2) is 9.34. The molecule has 1 aliphatic rings. The molecule has 3 rings (SSSR count). The van der Waals surface area contributed by atoms with Crippen LogP contribution in [0.5, 0.6) is 0 Å². The van der Waals surface area contributed by atoms with Gasteiger partial charge in [-0.25, -0.2) is 13.2 Å². The highest BCUT2D eigenvalue weighted by molar-refractivity contribution is 7.89. The molecular weight excluding hydrogens is 451 g/mol. The molecule has 7 nitrogen and oxygen atoms in total. The van der Waals surface area contributed by atoms with Crippen LogP contribution in [0.1, 0.15) is 23.2 Å². The number of sulfonamides is 1. The zero-order valence-corrected chi connectivity index (χ0v) is 18.4. The van der Waals surface area contributed by atoms with Gasteiger partial charge in [0.1, 0.15) is 0 Å². The molecule has 1 N–H and O–H groups in total. The van der Waals surface area contributed by atoms with Crippen molar-refractivity contribution in [2.45, 2.75) is 17.7 Å². The van der Waals surface area contributed by atoms with Crippen LogP contribution in [0.15, 0.2) is 47.4 Å². The lowest BCUT2D eigenvalue weighted by Gasteiger charge is -2.31. The summed E-state index contributed by atoms with van der Waals surface area (Å²) in [5, 5.41) is 3.38. The molecule has 0 unspecified atom stereocenters. The highest BCUT2D eigenvalue weighted by atomic mass is 35.5. The van der Waals surface area contributed by atoms with Crippen molar-refractivity contribution < 1.29 is 22.7 Å². The normalized spacial score (nSPS) is 17.4. The molecule has 0 bridgehead atoms. The van der Waals surface area contributed by atoms with Crippen LogP contribution < -0.4 is 5.32 Å². The Labute approximate surface area is 185 Å². The van der Waals surface area contributed by atoms with Gasteiger partial charge in [-0.05, 0) is 55.3 Å². The number of piperidine rings is 1. The second-order valence-corrected chi connectivity index (χ2v) is 9.61. The van der Waals surface area contributed by atoms with E-state index >= 15 is 0 Å². The number of nitrogens with one attached hydrogen (secondary N) is 1. The molecule has 0 aliphatic carbocycles. The summed E-state index contributed by atoms with van der Waals surface area (Å²) in [6.07, 6.45) is 1.11. The summed E-state index contributed by atoms with van der Waals surface area (Å²) >= 11 is 11.8. The molecule has 1 heterocycles. The van der Waals surface area contributed by atoms with E-state index in [1.165, 1.54) is 47.8 Å². The van der Waals surface area contributed by atoms with Gasteiger partial charge in [-0.15, -0.1) is 0 Å². The van der Waals surface area contributed by atoms with Gasteiger partial charge < -0.3 is 10.1 Å². The van der Waals surface area contributed by atoms with E-state index in [2.05, 4.69) is 10.1 Å². The summed E-state index contributed by atoms with van der Waals surface area (Å²) in [5.41, 5.74) is 0.509. The maximum absolute atomic E-state index is 12.9. The van der Waals surface area contributed by atoms with Crippen molar-refractivity contribution in [2.24, 2.45) is 5.92 Å². The van der Waals surface area contributed by atoms with Gasteiger partial charge in [0.25, 0.3) is 0 Å². The molecule has 0 radical (unpaired) electrons. The van der Waals surface area contributed by atoms with Crippen molar-refractivity contribution in [3.63, 3.8) is 0 Å². The number of carbonyl (C=O) groups is 2. The number of carbonyl (C=O) groups excluding carboxylic acids is 2. The molecule has 10 heteroatoms. The van der Waals surface area contributed by atoms with Crippen molar-refractivity contribution in [3.05, 3.63) is 58.1 Å². The van der Waals surface area contributed by atoms with Crippen LogP contribution >= 0.6 is 23.2 Å². The Morgan fingerprint density at radius 1 is 1.13 bits per heavy atom. The molecular formula is C20H20Cl2N2O5S. The number of amides is 1. The van der Waals surface area contributed by atoms with Crippen molar-refractivity contribution in [1.82, 2.24) is 4.31 Å². The molecule has 1 fully saturated rings. The van der Waals surface area contributed by atoms with E-state index in [1.807, 2.05) is 0 Å². The first-order chi connectivity index (χ1) is 14.2. The number of nitrogens with zero attached hydrogens (tertiary/aromatic N) is 1. The van der Waals surface area contributed by atoms with Crippen LogP contribution in [0, 0.1) is 5.92 Å². The Hall–Kier alpha value is -2.13. The van der Waals surface area contributed by atoms with Crippen LogP contribution in [0.25, 0.3) is 0 Å². The molecule has 2 aromatic rings. The monoisotopic (exact) mass is 470 g/mol. The van der Waals surface area contributed by atoms with E-state index in [1.54, 1.807) is 6.07 Å². The quantitative estimate of drug-likeness (QED) is 0.670. The van der Waals surface area contributed by atoms with Crippen LogP contribution in [-0.4, -0.2) is 44.8 Å². The van der Waals surface area contributed by atoms with Crippen LogP contribution in [0.3, 0.4) is 0 Å². The predicted molar refractivity (Wildman–Crippen MR) is 114 cm³/mol. The van der Waals surface area contributed by atoms with Gasteiger partial charge in [-0.3, -0.25) is 4.79 Å². The molecule has 1 aliphatic heterocycles. The van der Waals surface area contributed by atoms with E-state index in [9.17, 15) is 18.0 Å². The summed E-state index contributed by atoms with van der Waals surface area (Å²) in [5.74, 6) is -1.48. The number of hydrogen-bond donors (Lipinski definition) is 1. The number of benzene rings is 2. The van der Waals surface area contributed by atoms with Crippen molar-refractivity contribution in [1.29, 1.82) is 0 Å². The number of rotatable bonds is 5. The lowest BCUT2D eigenvalue weighted by Crippen LogP contribution is -2.43. The smallest absolute Gasteiger partial charge is 0.339 e. The molecule has 2 aromatic carbocycles. The molecule has 30 heavy (non-hydrogen) atoms. The molecule has 1 saturated heterocycles. The van der Waals surface area contributed by atoms with E-state index in [-0.39, 0.29) is 27.9 Å². The van der Waals surface area contributed by atoms with Crippen LogP contribution in [0.2, 0.25) is 10.0 Å². The van der Waals surface area contributed by atoms with Crippen LogP contribution in [0.4, 0.5) is 5.69 Å². The van der Waals surface area contributed by atoms with Gasteiger partial charge in [0, 0.05) is 23.8 Å². The van der Waals surface area contributed by atoms with Crippen molar-refractivity contribution in [2.75, 3.05) is 25.5 Å². The Kier molecular flexibility index (Phi) is 7.02. The zero-order valence-electron chi connectivity index (χ0n) is 16.1. The van der Waals surface area contributed by atoms with Gasteiger partial charge in [0.15, 0.2) is 0 Å². The van der Waals surface area contributed by atoms with Gasteiger partial charge in [-0.2, -0.15) is 4.31 Å². The second-order valence-electron chi connectivity index (χ2n) is 6.83. The summed E-state index contributed by atoms with van der Waals surface area (Å²) in [7, 11) is -2.49. The van der Waals surface area contributed by atoms with E-state index in [0.29, 0.717) is 30.1 Å². The molecule has 160 valence electrons. The minimum atomic E-state index is -3.73. The topological polar surface area (TPSA) is 92.8 Å². The first kappa shape index (κ1) is 22.6. The largest absolute Gasteiger partial charge is 0.465 e. The average Bonchev–Trinajstić information content (AvgIpc) is 2.75. The van der Waals surface area contributed by atoms with Gasteiger partial charge in [-0.1, -0.05) is 23.2 Å². The number of halogens is 2. The minimum Gasteiger partial charge on any atom is -0.465 e. The summed E-state index contributed by atoms with van der Waals surface area (Å²) in [6.45, 7) is 0.399. The third kappa shape index (κ3) is 4.95. The fourth-order valence-corrected chi connectivity index (χ4v) is 5.09.